The third kappa shape index (κ3) is 4.21. The molecule has 2 aromatic rings. The van der Waals surface area contributed by atoms with Gasteiger partial charge in [-0.3, -0.25) is 0 Å². The van der Waals surface area contributed by atoms with Gasteiger partial charge in [0, 0.05) is 21.8 Å². The molecule has 0 spiro atoms. The molecule has 112 valence electrons. The van der Waals surface area contributed by atoms with Crippen molar-refractivity contribution < 1.29 is 4.74 Å². The van der Waals surface area contributed by atoms with Crippen LogP contribution in [0.2, 0.25) is 0 Å². The van der Waals surface area contributed by atoms with Crippen LogP contribution in [0, 0.1) is 6.92 Å². The standard InChI is InChI=1S/C17H19BrClNO/c1-11-5-6-13(18)9-14(11)21-16-8-12(10-19)7-15(20-16)17(2,3)4/h5-9H,10H2,1-4H3. The quantitative estimate of drug-likeness (QED) is 0.622. The van der Waals surface area contributed by atoms with Crippen molar-refractivity contribution in [2.45, 2.75) is 39.0 Å². The van der Waals surface area contributed by atoms with Crippen LogP contribution in [0.3, 0.4) is 0 Å². The van der Waals surface area contributed by atoms with Gasteiger partial charge in [-0.15, -0.1) is 11.6 Å². The number of alkyl halides is 1. The monoisotopic (exact) mass is 367 g/mol. The molecule has 0 aliphatic carbocycles. The highest BCUT2D eigenvalue weighted by Crippen LogP contribution is 2.30. The van der Waals surface area contributed by atoms with Gasteiger partial charge in [-0.2, -0.15) is 0 Å². The van der Waals surface area contributed by atoms with E-state index in [4.69, 9.17) is 16.3 Å². The van der Waals surface area contributed by atoms with Crippen molar-refractivity contribution >= 4 is 27.5 Å². The van der Waals surface area contributed by atoms with Gasteiger partial charge in [-0.1, -0.05) is 42.8 Å². The summed E-state index contributed by atoms with van der Waals surface area (Å²) >= 11 is 9.45. The Morgan fingerprint density at radius 3 is 2.52 bits per heavy atom. The number of hydrogen-bond donors (Lipinski definition) is 0. The Balaban J connectivity index is 2.42. The highest BCUT2D eigenvalue weighted by atomic mass is 79.9. The minimum atomic E-state index is -0.0491. The molecule has 0 radical (unpaired) electrons. The zero-order valence-corrected chi connectivity index (χ0v) is 15.0. The van der Waals surface area contributed by atoms with Gasteiger partial charge in [0.05, 0.1) is 5.69 Å². The van der Waals surface area contributed by atoms with Crippen molar-refractivity contribution in [1.29, 1.82) is 0 Å². The number of aromatic nitrogens is 1. The molecule has 0 bridgehead atoms. The molecule has 2 nitrogen and oxygen atoms in total. The third-order valence-electron chi connectivity index (χ3n) is 3.15. The molecule has 0 fully saturated rings. The van der Waals surface area contributed by atoms with E-state index < -0.39 is 0 Å². The topological polar surface area (TPSA) is 22.1 Å². The summed E-state index contributed by atoms with van der Waals surface area (Å²) in [4.78, 5) is 4.62. The number of pyridine rings is 1. The fourth-order valence-electron chi connectivity index (χ4n) is 1.87. The molecule has 2 rings (SSSR count). The molecule has 4 heteroatoms. The van der Waals surface area contributed by atoms with Crippen LogP contribution >= 0.6 is 27.5 Å². The fraction of sp³-hybridized carbons (Fsp3) is 0.353. The van der Waals surface area contributed by atoms with E-state index in [0.29, 0.717) is 11.8 Å². The predicted octanol–water partition coefficient (Wildman–Crippen LogP) is 5.98. The van der Waals surface area contributed by atoms with Crippen molar-refractivity contribution in [1.82, 2.24) is 4.98 Å². The summed E-state index contributed by atoms with van der Waals surface area (Å²) < 4.78 is 6.95. The van der Waals surface area contributed by atoms with E-state index in [1.807, 2.05) is 37.3 Å². The maximum absolute atomic E-state index is 5.99. The van der Waals surface area contributed by atoms with Gasteiger partial charge < -0.3 is 4.74 Å². The van der Waals surface area contributed by atoms with Gasteiger partial charge in [0.15, 0.2) is 0 Å². The smallest absolute Gasteiger partial charge is 0.219 e. The van der Waals surface area contributed by atoms with E-state index in [-0.39, 0.29) is 5.41 Å². The number of halogens is 2. The normalized spacial score (nSPS) is 11.5. The number of benzene rings is 1. The van der Waals surface area contributed by atoms with Crippen molar-refractivity contribution in [2.75, 3.05) is 0 Å². The zero-order chi connectivity index (χ0) is 15.6. The number of rotatable bonds is 3. The SMILES string of the molecule is Cc1ccc(Br)cc1Oc1cc(CCl)cc(C(C)(C)C)n1. The van der Waals surface area contributed by atoms with Gasteiger partial charge in [-0.05, 0) is 36.2 Å². The van der Waals surface area contributed by atoms with E-state index in [9.17, 15) is 0 Å². The van der Waals surface area contributed by atoms with Gasteiger partial charge in [0.25, 0.3) is 0 Å². The fourth-order valence-corrected chi connectivity index (χ4v) is 2.36. The van der Waals surface area contributed by atoms with Crippen LogP contribution in [0.1, 0.15) is 37.6 Å². The lowest BCUT2D eigenvalue weighted by Crippen LogP contribution is -2.14. The first-order chi connectivity index (χ1) is 9.79. The van der Waals surface area contributed by atoms with Crippen molar-refractivity contribution in [3.63, 3.8) is 0 Å². The Morgan fingerprint density at radius 1 is 1.19 bits per heavy atom. The van der Waals surface area contributed by atoms with Crippen molar-refractivity contribution in [3.05, 3.63) is 51.6 Å². The molecule has 1 heterocycles. The maximum Gasteiger partial charge on any atom is 0.219 e. The molecule has 21 heavy (non-hydrogen) atoms. The summed E-state index contributed by atoms with van der Waals surface area (Å²) in [6, 6.07) is 9.87. The van der Waals surface area contributed by atoms with Gasteiger partial charge >= 0.3 is 0 Å². The Kier molecular flexibility index (Phi) is 4.95. The van der Waals surface area contributed by atoms with E-state index in [1.54, 1.807) is 0 Å². The molecule has 0 saturated heterocycles. The average Bonchev–Trinajstić information content (AvgIpc) is 2.41. The van der Waals surface area contributed by atoms with Gasteiger partial charge in [-0.25, -0.2) is 4.98 Å². The van der Waals surface area contributed by atoms with Gasteiger partial charge in [0.2, 0.25) is 5.88 Å². The Hall–Kier alpha value is -1.06. The molecule has 1 aromatic carbocycles. The van der Waals surface area contributed by atoms with E-state index in [0.717, 1.165) is 27.0 Å². The Labute approximate surface area is 139 Å². The highest BCUT2D eigenvalue weighted by molar-refractivity contribution is 9.10. The average molecular weight is 369 g/mol. The Bertz CT molecular complexity index is 650. The molecule has 1 aromatic heterocycles. The minimum absolute atomic E-state index is 0.0491. The Morgan fingerprint density at radius 2 is 1.90 bits per heavy atom. The molecule has 0 atom stereocenters. The molecule has 0 aliphatic rings. The second-order valence-corrected chi connectivity index (χ2v) is 7.28. The number of hydrogen-bond acceptors (Lipinski definition) is 2. The number of nitrogens with zero attached hydrogens (tertiary/aromatic N) is 1. The summed E-state index contributed by atoms with van der Waals surface area (Å²) in [7, 11) is 0. The van der Waals surface area contributed by atoms with Crippen molar-refractivity contribution in [3.8, 4) is 11.6 Å². The summed E-state index contributed by atoms with van der Waals surface area (Å²) in [5, 5.41) is 0. The maximum atomic E-state index is 5.99. The van der Waals surface area contributed by atoms with E-state index in [1.165, 1.54) is 0 Å². The van der Waals surface area contributed by atoms with Crippen LogP contribution in [0.15, 0.2) is 34.8 Å². The summed E-state index contributed by atoms with van der Waals surface area (Å²) in [5.74, 6) is 1.82. The van der Waals surface area contributed by atoms with Crippen LogP contribution < -0.4 is 4.74 Å². The summed E-state index contributed by atoms with van der Waals surface area (Å²) in [6.45, 7) is 8.39. The number of aryl methyl sites for hydroxylation is 1. The largest absolute Gasteiger partial charge is 0.439 e. The van der Waals surface area contributed by atoms with E-state index in [2.05, 4.69) is 41.7 Å². The molecule has 0 aliphatic heterocycles. The highest BCUT2D eigenvalue weighted by Gasteiger charge is 2.18. The van der Waals surface area contributed by atoms with Crippen LogP contribution in [-0.4, -0.2) is 4.98 Å². The van der Waals surface area contributed by atoms with Crippen LogP contribution in [-0.2, 0) is 11.3 Å². The third-order valence-corrected chi connectivity index (χ3v) is 3.95. The lowest BCUT2D eigenvalue weighted by Gasteiger charge is -2.20. The second kappa shape index (κ2) is 6.37. The van der Waals surface area contributed by atoms with E-state index >= 15 is 0 Å². The second-order valence-electron chi connectivity index (χ2n) is 6.09. The molecule has 0 N–H and O–H groups in total. The lowest BCUT2D eigenvalue weighted by molar-refractivity contribution is 0.448. The molecular weight excluding hydrogens is 350 g/mol. The molecule has 0 amide bonds. The van der Waals surface area contributed by atoms with Crippen LogP contribution in [0.4, 0.5) is 0 Å². The predicted molar refractivity (Wildman–Crippen MR) is 91.4 cm³/mol. The molecule has 0 unspecified atom stereocenters. The summed E-state index contributed by atoms with van der Waals surface area (Å²) in [5.41, 5.74) is 3.00. The summed E-state index contributed by atoms with van der Waals surface area (Å²) in [6.07, 6.45) is 0. The molecule has 0 saturated carbocycles. The minimum Gasteiger partial charge on any atom is -0.439 e. The first kappa shape index (κ1) is 16.3. The van der Waals surface area contributed by atoms with Crippen LogP contribution in [0.25, 0.3) is 0 Å². The van der Waals surface area contributed by atoms with Crippen LogP contribution in [0.5, 0.6) is 11.6 Å². The van der Waals surface area contributed by atoms with Gasteiger partial charge in [0.1, 0.15) is 5.75 Å². The zero-order valence-electron chi connectivity index (χ0n) is 12.7. The first-order valence-electron chi connectivity index (χ1n) is 6.81. The van der Waals surface area contributed by atoms with Crippen molar-refractivity contribution in [2.24, 2.45) is 0 Å². The lowest BCUT2D eigenvalue weighted by atomic mass is 9.91. The first-order valence-corrected chi connectivity index (χ1v) is 8.14. The molecular formula is C17H19BrClNO. The number of ether oxygens (including phenoxy) is 1.